The van der Waals surface area contributed by atoms with Gasteiger partial charge in [0, 0.05) is 26.6 Å². The Hall–Kier alpha value is -2.08. The third-order valence-corrected chi connectivity index (χ3v) is 2.98. The van der Waals surface area contributed by atoms with E-state index in [0.717, 1.165) is 30.9 Å². The summed E-state index contributed by atoms with van der Waals surface area (Å²) in [6, 6.07) is 5.39. The molecule has 0 aliphatic carbocycles. The van der Waals surface area contributed by atoms with E-state index in [1.54, 1.807) is 12.4 Å². The first-order valence-electron chi connectivity index (χ1n) is 6.69. The molecule has 0 radical (unpaired) electrons. The maximum atomic E-state index is 9.63. The van der Waals surface area contributed by atoms with Gasteiger partial charge in [0.1, 0.15) is 12.2 Å². The molecule has 0 fully saturated rings. The molecule has 0 amide bonds. The SMILES string of the molecule is CCOc1cc(CNCCc2nncn2C)ccc1O. The van der Waals surface area contributed by atoms with Crippen LogP contribution in [0.5, 0.6) is 11.5 Å². The molecule has 0 saturated carbocycles. The van der Waals surface area contributed by atoms with Gasteiger partial charge in [0.15, 0.2) is 11.5 Å². The number of rotatable bonds is 7. The molecule has 0 atom stereocenters. The second kappa shape index (κ2) is 6.91. The van der Waals surface area contributed by atoms with Crippen molar-refractivity contribution in [2.24, 2.45) is 7.05 Å². The van der Waals surface area contributed by atoms with Gasteiger partial charge < -0.3 is 19.7 Å². The number of hydrogen-bond acceptors (Lipinski definition) is 5. The van der Waals surface area contributed by atoms with E-state index in [1.807, 2.05) is 30.7 Å². The molecule has 2 aromatic rings. The van der Waals surface area contributed by atoms with Crippen molar-refractivity contribution in [2.75, 3.05) is 13.2 Å². The second-order valence-electron chi connectivity index (χ2n) is 4.52. The molecule has 1 aromatic heterocycles. The quantitative estimate of drug-likeness (QED) is 0.745. The molecule has 1 aromatic carbocycles. The number of phenolic OH excluding ortho intramolecular Hbond substituents is 1. The standard InChI is InChI=1S/C14H20N4O2/c1-3-20-13-8-11(4-5-12(13)19)9-15-7-6-14-17-16-10-18(14)2/h4-5,8,10,15,19H,3,6-7,9H2,1-2H3. The van der Waals surface area contributed by atoms with Crippen LogP contribution >= 0.6 is 0 Å². The third-order valence-electron chi connectivity index (χ3n) is 2.98. The van der Waals surface area contributed by atoms with Gasteiger partial charge in [-0.2, -0.15) is 0 Å². The van der Waals surface area contributed by atoms with Crippen LogP contribution in [-0.4, -0.2) is 33.0 Å². The Bertz CT molecular complexity index is 554. The van der Waals surface area contributed by atoms with Gasteiger partial charge in [-0.3, -0.25) is 0 Å². The highest BCUT2D eigenvalue weighted by Gasteiger charge is 2.04. The van der Waals surface area contributed by atoms with Crippen LogP contribution in [0, 0.1) is 0 Å². The number of phenols is 1. The summed E-state index contributed by atoms with van der Waals surface area (Å²) in [6.07, 6.45) is 2.52. The highest BCUT2D eigenvalue weighted by molar-refractivity contribution is 5.41. The Morgan fingerprint density at radius 2 is 2.25 bits per heavy atom. The maximum absolute atomic E-state index is 9.63. The molecule has 0 bridgehead atoms. The number of hydrogen-bond donors (Lipinski definition) is 2. The van der Waals surface area contributed by atoms with Crippen molar-refractivity contribution in [3.63, 3.8) is 0 Å². The fourth-order valence-electron chi connectivity index (χ4n) is 1.91. The summed E-state index contributed by atoms with van der Waals surface area (Å²) in [7, 11) is 1.93. The molecule has 0 saturated heterocycles. The van der Waals surface area contributed by atoms with Gasteiger partial charge >= 0.3 is 0 Å². The molecular weight excluding hydrogens is 256 g/mol. The van der Waals surface area contributed by atoms with E-state index in [9.17, 15) is 5.11 Å². The maximum Gasteiger partial charge on any atom is 0.161 e. The summed E-state index contributed by atoms with van der Waals surface area (Å²) in [5, 5.41) is 20.8. The lowest BCUT2D eigenvalue weighted by atomic mass is 10.2. The van der Waals surface area contributed by atoms with Gasteiger partial charge in [-0.25, -0.2) is 0 Å². The zero-order valence-corrected chi connectivity index (χ0v) is 11.8. The average Bonchev–Trinajstić information content (AvgIpc) is 2.84. The van der Waals surface area contributed by atoms with Crippen molar-refractivity contribution in [3.05, 3.63) is 35.9 Å². The fourth-order valence-corrected chi connectivity index (χ4v) is 1.91. The van der Waals surface area contributed by atoms with Crippen LogP contribution < -0.4 is 10.1 Å². The minimum atomic E-state index is 0.176. The first-order chi connectivity index (χ1) is 9.70. The molecule has 0 unspecified atom stereocenters. The topological polar surface area (TPSA) is 72.2 Å². The minimum Gasteiger partial charge on any atom is -0.504 e. The fraction of sp³-hybridized carbons (Fsp3) is 0.429. The minimum absolute atomic E-state index is 0.176. The van der Waals surface area contributed by atoms with E-state index in [-0.39, 0.29) is 5.75 Å². The largest absolute Gasteiger partial charge is 0.504 e. The van der Waals surface area contributed by atoms with Crippen LogP contribution in [0.3, 0.4) is 0 Å². The van der Waals surface area contributed by atoms with Gasteiger partial charge in [0.25, 0.3) is 0 Å². The normalized spacial score (nSPS) is 10.7. The molecule has 0 spiro atoms. The molecule has 6 heteroatoms. The molecule has 1 heterocycles. The van der Waals surface area contributed by atoms with Gasteiger partial charge in [-0.05, 0) is 24.6 Å². The summed E-state index contributed by atoms with van der Waals surface area (Å²) in [6.45, 7) is 3.97. The molecule has 0 aliphatic heterocycles. The highest BCUT2D eigenvalue weighted by Crippen LogP contribution is 2.26. The van der Waals surface area contributed by atoms with E-state index in [1.165, 1.54) is 0 Å². The third kappa shape index (κ3) is 3.71. The van der Waals surface area contributed by atoms with Gasteiger partial charge in [-0.15, -0.1) is 10.2 Å². The summed E-state index contributed by atoms with van der Waals surface area (Å²) >= 11 is 0. The Morgan fingerprint density at radius 3 is 2.95 bits per heavy atom. The van der Waals surface area contributed by atoms with Crippen molar-refractivity contribution in [1.29, 1.82) is 0 Å². The van der Waals surface area contributed by atoms with Gasteiger partial charge in [-0.1, -0.05) is 6.07 Å². The number of nitrogens with one attached hydrogen (secondary N) is 1. The lowest BCUT2D eigenvalue weighted by Crippen LogP contribution is -2.18. The highest BCUT2D eigenvalue weighted by atomic mass is 16.5. The van der Waals surface area contributed by atoms with Crippen LogP contribution in [0.2, 0.25) is 0 Å². The number of nitrogens with zero attached hydrogens (tertiary/aromatic N) is 3. The predicted octanol–water partition coefficient (Wildman–Crippen LogP) is 1.25. The Balaban J connectivity index is 1.82. The lowest BCUT2D eigenvalue weighted by Gasteiger charge is -2.09. The zero-order chi connectivity index (χ0) is 14.4. The summed E-state index contributed by atoms with van der Waals surface area (Å²) in [5.41, 5.74) is 1.07. The molecule has 0 aliphatic rings. The number of aryl methyl sites for hydroxylation is 1. The van der Waals surface area contributed by atoms with Crippen LogP contribution in [0.15, 0.2) is 24.5 Å². The summed E-state index contributed by atoms with van der Waals surface area (Å²) in [5.74, 6) is 1.66. The number of benzene rings is 1. The van der Waals surface area contributed by atoms with Crippen LogP contribution in [-0.2, 0) is 20.0 Å². The molecule has 20 heavy (non-hydrogen) atoms. The van der Waals surface area contributed by atoms with Crippen molar-refractivity contribution < 1.29 is 9.84 Å². The first-order valence-corrected chi connectivity index (χ1v) is 6.69. The van der Waals surface area contributed by atoms with Crippen molar-refractivity contribution in [1.82, 2.24) is 20.1 Å². The molecule has 6 nitrogen and oxygen atoms in total. The second-order valence-corrected chi connectivity index (χ2v) is 4.52. The van der Waals surface area contributed by atoms with Crippen molar-refractivity contribution in [3.8, 4) is 11.5 Å². The predicted molar refractivity (Wildman–Crippen MR) is 75.7 cm³/mol. The van der Waals surface area contributed by atoms with Crippen molar-refractivity contribution in [2.45, 2.75) is 19.9 Å². The molecule has 2 N–H and O–H groups in total. The van der Waals surface area contributed by atoms with Gasteiger partial charge in [0.2, 0.25) is 0 Å². The van der Waals surface area contributed by atoms with E-state index in [2.05, 4.69) is 15.5 Å². The summed E-state index contributed by atoms with van der Waals surface area (Å²) in [4.78, 5) is 0. The molecular formula is C14H20N4O2. The average molecular weight is 276 g/mol. The van der Waals surface area contributed by atoms with E-state index in [0.29, 0.717) is 12.4 Å². The Kier molecular flexibility index (Phi) is 4.95. The van der Waals surface area contributed by atoms with Crippen LogP contribution in [0.4, 0.5) is 0 Å². The number of ether oxygens (including phenoxy) is 1. The Morgan fingerprint density at radius 1 is 1.40 bits per heavy atom. The van der Waals surface area contributed by atoms with Crippen LogP contribution in [0.25, 0.3) is 0 Å². The van der Waals surface area contributed by atoms with E-state index >= 15 is 0 Å². The van der Waals surface area contributed by atoms with Crippen LogP contribution in [0.1, 0.15) is 18.3 Å². The lowest BCUT2D eigenvalue weighted by molar-refractivity contribution is 0.317. The van der Waals surface area contributed by atoms with Gasteiger partial charge in [0.05, 0.1) is 6.61 Å². The number of aromatic hydroxyl groups is 1. The molecule has 2 rings (SSSR count). The van der Waals surface area contributed by atoms with E-state index in [4.69, 9.17) is 4.74 Å². The van der Waals surface area contributed by atoms with E-state index < -0.39 is 0 Å². The number of aromatic nitrogens is 3. The molecule has 108 valence electrons. The zero-order valence-electron chi connectivity index (χ0n) is 11.8. The Labute approximate surface area is 118 Å². The smallest absolute Gasteiger partial charge is 0.161 e. The monoisotopic (exact) mass is 276 g/mol. The first kappa shape index (κ1) is 14.3. The summed E-state index contributed by atoms with van der Waals surface area (Å²) < 4.78 is 7.27. The van der Waals surface area contributed by atoms with Crippen molar-refractivity contribution >= 4 is 0 Å².